The minimum Gasteiger partial charge on any atom is -0.378 e. The van der Waals surface area contributed by atoms with Crippen LogP contribution in [0.25, 0.3) is 0 Å². The van der Waals surface area contributed by atoms with Gasteiger partial charge < -0.3 is 14.8 Å². The SMILES string of the molecule is CCC1SCCSC1C(NC)C1CCOC2(CCOC2)C1. The third kappa shape index (κ3) is 3.57. The van der Waals surface area contributed by atoms with Crippen LogP contribution in [-0.4, -0.2) is 60.5 Å². The summed E-state index contributed by atoms with van der Waals surface area (Å²) < 4.78 is 11.8. The first-order valence-corrected chi connectivity index (χ1v) is 10.5. The second-order valence-corrected chi connectivity index (χ2v) is 9.19. The smallest absolute Gasteiger partial charge is 0.0939 e. The van der Waals surface area contributed by atoms with Gasteiger partial charge in [-0.2, -0.15) is 23.5 Å². The summed E-state index contributed by atoms with van der Waals surface area (Å²) in [7, 11) is 2.16. The number of hydrogen-bond donors (Lipinski definition) is 1. The molecule has 3 rings (SSSR count). The first kappa shape index (κ1) is 16.4. The Morgan fingerprint density at radius 1 is 1.29 bits per heavy atom. The number of thioether (sulfide) groups is 2. The Bertz CT molecular complexity index is 336. The molecule has 0 aromatic rings. The van der Waals surface area contributed by atoms with Gasteiger partial charge in [0.05, 0.1) is 12.2 Å². The first-order valence-electron chi connectivity index (χ1n) is 8.40. The zero-order chi connectivity index (χ0) is 14.7. The number of hydrogen-bond acceptors (Lipinski definition) is 5. The summed E-state index contributed by atoms with van der Waals surface area (Å²) in [5, 5.41) is 5.24. The Morgan fingerprint density at radius 3 is 2.86 bits per heavy atom. The van der Waals surface area contributed by atoms with Crippen LogP contribution in [0.15, 0.2) is 0 Å². The predicted molar refractivity (Wildman–Crippen MR) is 92.5 cm³/mol. The van der Waals surface area contributed by atoms with Gasteiger partial charge in [0.2, 0.25) is 0 Å². The lowest BCUT2D eigenvalue weighted by Crippen LogP contribution is -2.53. The van der Waals surface area contributed by atoms with Crippen LogP contribution in [-0.2, 0) is 9.47 Å². The van der Waals surface area contributed by atoms with E-state index in [1.807, 2.05) is 0 Å². The summed E-state index contributed by atoms with van der Waals surface area (Å²) in [6.07, 6.45) is 4.75. The van der Waals surface area contributed by atoms with E-state index in [0.29, 0.717) is 6.04 Å². The summed E-state index contributed by atoms with van der Waals surface area (Å²) >= 11 is 4.38. The van der Waals surface area contributed by atoms with Gasteiger partial charge in [-0.3, -0.25) is 0 Å². The van der Waals surface area contributed by atoms with Crippen molar-refractivity contribution >= 4 is 23.5 Å². The van der Waals surface area contributed by atoms with Crippen molar-refractivity contribution in [1.82, 2.24) is 5.32 Å². The molecule has 3 saturated heterocycles. The maximum atomic E-state index is 6.13. The number of nitrogens with one attached hydrogen (secondary N) is 1. The summed E-state index contributed by atoms with van der Waals surface area (Å²) in [5.74, 6) is 3.36. The lowest BCUT2D eigenvalue weighted by atomic mass is 9.79. The maximum Gasteiger partial charge on any atom is 0.0939 e. The van der Waals surface area contributed by atoms with Gasteiger partial charge in [-0.15, -0.1) is 0 Å². The molecule has 21 heavy (non-hydrogen) atoms. The molecule has 3 aliphatic rings. The second-order valence-electron chi connectivity index (χ2n) is 6.55. The van der Waals surface area contributed by atoms with Crippen molar-refractivity contribution in [1.29, 1.82) is 0 Å². The first-order chi connectivity index (χ1) is 10.3. The van der Waals surface area contributed by atoms with E-state index in [4.69, 9.17) is 9.47 Å². The van der Waals surface area contributed by atoms with Gasteiger partial charge >= 0.3 is 0 Å². The van der Waals surface area contributed by atoms with E-state index in [1.54, 1.807) is 0 Å². The Hall–Kier alpha value is 0.580. The highest BCUT2D eigenvalue weighted by Crippen LogP contribution is 2.42. The molecular formula is C16H29NO2S2. The molecule has 1 N–H and O–H groups in total. The lowest BCUT2D eigenvalue weighted by Gasteiger charge is -2.45. The van der Waals surface area contributed by atoms with Crippen molar-refractivity contribution in [2.75, 3.05) is 38.4 Å². The standard InChI is InChI=1S/C16H29NO2S2/c1-3-13-15(21-9-8-20-13)14(17-2)12-4-6-19-16(10-12)5-7-18-11-16/h12-15,17H,3-11H2,1-2H3. The van der Waals surface area contributed by atoms with Crippen LogP contribution in [0.3, 0.4) is 0 Å². The molecule has 5 atom stereocenters. The van der Waals surface area contributed by atoms with Crippen LogP contribution >= 0.6 is 23.5 Å². The summed E-state index contributed by atoms with van der Waals surface area (Å²) in [6.45, 7) is 4.94. The monoisotopic (exact) mass is 331 g/mol. The minimum absolute atomic E-state index is 0.0339. The van der Waals surface area contributed by atoms with Gasteiger partial charge in [0.1, 0.15) is 0 Å². The second kappa shape index (κ2) is 7.43. The molecule has 5 unspecified atom stereocenters. The van der Waals surface area contributed by atoms with E-state index in [1.165, 1.54) is 30.8 Å². The maximum absolute atomic E-state index is 6.13. The Morgan fingerprint density at radius 2 is 2.14 bits per heavy atom. The van der Waals surface area contributed by atoms with Gasteiger partial charge in [-0.1, -0.05) is 6.92 Å². The highest BCUT2D eigenvalue weighted by Gasteiger charge is 2.45. The zero-order valence-electron chi connectivity index (χ0n) is 13.3. The molecule has 0 aliphatic carbocycles. The van der Waals surface area contributed by atoms with Crippen LogP contribution in [0.5, 0.6) is 0 Å². The van der Waals surface area contributed by atoms with Crippen molar-refractivity contribution < 1.29 is 9.47 Å². The topological polar surface area (TPSA) is 30.5 Å². The van der Waals surface area contributed by atoms with Gasteiger partial charge in [0.15, 0.2) is 0 Å². The van der Waals surface area contributed by atoms with Crippen LogP contribution in [0.4, 0.5) is 0 Å². The van der Waals surface area contributed by atoms with Crippen LogP contribution in [0.1, 0.15) is 32.6 Å². The molecule has 0 aromatic heterocycles. The van der Waals surface area contributed by atoms with Gasteiger partial charge in [0, 0.05) is 47.7 Å². The Balaban J connectivity index is 1.69. The van der Waals surface area contributed by atoms with Crippen LogP contribution in [0, 0.1) is 5.92 Å². The predicted octanol–water partition coefficient (Wildman–Crippen LogP) is 2.79. The fraction of sp³-hybridized carbons (Fsp3) is 1.00. The average Bonchev–Trinajstić information content (AvgIpc) is 2.96. The highest BCUT2D eigenvalue weighted by atomic mass is 32.2. The highest BCUT2D eigenvalue weighted by molar-refractivity contribution is 8.07. The largest absolute Gasteiger partial charge is 0.378 e. The van der Waals surface area contributed by atoms with E-state index >= 15 is 0 Å². The minimum atomic E-state index is 0.0339. The van der Waals surface area contributed by atoms with Crippen molar-refractivity contribution in [3.8, 4) is 0 Å². The molecule has 0 amide bonds. The quantitative estimate of drug-likeness (QED) is 0.856. The summed E-state index contributed by atoms with van der Waals surface area (Å²) in [5.41, 5.74) is 0.0339. The Kier molecular flexibility index (Phi) is 5.82. The number of rotatable bonds is 4. The molecular weight excluding hydrogens is 302 g/mol. The molecule has 3 fully saturated rings. The van der Waals surface area contributed by atoms with Gasteiger partial charge in [-0.25, -0.2) is 0 Å². The van der Waals surface area contributed by atoms with Crippen molar-refractivity contribution in [2.45, 2.75) is 54.7 Å². The van der Waals surface area contributed by atoms with E-state index < -0.39 is 0 Å². The van der Waals surface area contributed by atoms with Crippen molar-refractivity contribution in [2.24, 2.45) is 5.92 Å². The molecule has 0 saturated carbocycles. The van der Waals surface area contributed by atoms with E-state index in [9.17, 15) is 0 Å². The third-order valence-corrected chi connectivity index (χ3v) is 8.66. The normalized spacial score (nSPS) is 42.3. The zero-order valence-corrected chi connectivity index (χ0v) is 14.9. The lowest BCUT2D eigenvalue weighted by molar-refractivity contribution is -0.102. The molecule has 3 aliphatic heterocycles. The van der Waals surface area contributed by atoms with Crippen molar-refractivity contribution in [3.63, 3.8) is 0 Å². The van der Waals surface area contributed by atoms with E-state index in [-0.39, 0.29) is 5.60 Å². The third-order valence-electron chi connectivity index (χ3n) is 5.29. The molecule has 0 radical (unpaired) electrons. The van der Waals surface area contributed by atoms with Gasteiger partial charge in [-0.05, 0) is 32.2 Å². The van der Waals surface area contributed by atoms with E-state index in [2.05, 4.69) is 42.8 Å². The number of ether oxygens (including phenoxy) is 2. The van der Waals surface area contributed by atoms with E-state index in [0.717, 1.165) is 42.7 Å². The molecule has 122 valence electrons. The van der Waals surface area contributed by atoms with Crippen LogP contribution < -0.4 is 5.32 Å². The Labute approximate surface area is 137 Å². The average molecular weight is 332 g/mol. The van der Waals surface area contributed by atoms with Crippen molar-refractivity contribution in [3.05, 3.63) is 0 Å². The molecule has 1 spiro atoms. The summed E-state index contributed by atoms with van der Waals surface area (Å²) in [4.78, 5) is 0. The summed E-state index contributed by atoms with van der Waals surface area (Å²) in [6, 6.07) is 0.620. The van der Waals surface area contributed by atoms with Gasteiger partial charge in [0.25, 0.3) is 0 Å². The molecule has 5 heteroatoms. The molecule has 0 bridgehead atoms. The molecule has 3 nitrogen and oxygen atoms in total. The van der Waals surface area contributed by atoms with Crippen LogP contribution in [0.2, 0.25) is 0 Å². The fourth-order valence-electron chi connectivity index (χ4n) is 4.17. The fourth-order valence-corrected chi connectivity index (χ4v) is 7.56. The molecule has 0 aromatic carbocycles. The molecule has 3 heterocycles.